The number of nitrogens with one attached hydrogen (secondary N) is 3. The lowest BCUT2D eigenvalue weighted by Gasteiger charge is -2.11. The number of hydrogen-bond donors (Lipinski definition) is 3. The second-order valence-electron chi connectivity index (χ2n) is 8.86. The van der Waals surface area contributed by atoms with Crippen molar-refractivity contribution in [2.45, 2.75) is 11.8 Å². The molecule has 0 aliphatic carbocycles. The van der Waals surface area contributed by atoms with Crippen LogP contribution in [0.5, 0.6) is 0 Å². The molecule has 0 fully saturated rings. The van der Waals surface area contributed by atoms with Gasteiger partial charge in [0.05, 0.1) is 22.0 Å². The molecule has 0 atom stereocenters. The third kappa shape index (κ3) is 5.41. The summed E-state index contributed by atoms with van der Waals surface area (Å²) in [6, 6.07) is 21.3. The van der Waals surface area contributed by atoms with Gasteiger partial charge < -0.3 is 10.6 Å². The second kappa shape index (κ2) is 10.1. The van der Waals surface area contributed by atoms with Crippen LogP contribution < -0.4 is 15.4 Å². The van der Waals surface area contributed by atoms with Gasteiger partial charge in [0.25, 0.3) is 10.0 Å². The summed E-state index contributed by atoms with van der Waals surface area (Å²) in [5, 5.41) is 5.90. The Morgan fingerprint density at radius 1 is 0.718 bits per heavy atom. The van der Waals surface area contributed by atoms with Crippen LogP contribution in [-0.4, -0.2) is 20.0 Å². The van der Waals surface area contributed by atoms with E-state index in [4.69, 9.17) is 0 Å². The van der Waals surface area contributed by atoms with Crippen molar-refractivity contribution in [3.8, 4) is 0 Å². The number of rotatable bonds is 7. The standard InChI is InChI=1S/C29H21F2N3O4S/c1-17-7-10-23(11-8-17)39(37,38)34-22-9-12-24-25(16-22)33-29(32-24)26(27(35)18-5-3-2-4-6-18)28(36)19-13-20(30)15-21(31)14-19/h2-16,32-34H,1H3. The van der Waals surface area contributed by atoms with Gasteiger partial charge in [-0.2, -0.15) is 0 Å². The third-order valence-electron chi connectivity index (χ3n) is 5.99. The predicted octanol–water partition coefficient (Wildman–Crippen LogP) is 5.89. The Morgan fingerprint density at radius 2 is 1.33 bits per heavy atom. The van der Waals surface area contributed by atoms with Gasteiger partial charge in [0.2, 0.25) is 11.6 Å². The average Bonchev–Trinajstić information content (AvgIpc) is 3.31. The topological polar surface area (TPSA) is 104 Å². The van der Waals surface area contributed by atoms with E-state index in [2.05, 4.69) is 15.4 Å². The zero-order chi connectivity index (χ0) is 27.7. The van der Waals surface area contributed by atoms with Crippen LogP contribution in [0.15, 0.2) is 107 Å². The van der Waals surface area contributed by atoms with Crippen molar-refractivity contribution in [2.24, 2.45) is 0 Å². The highest BCUT2D eigenvalue weighted by molar-refractivity contribution is 7.92. The van der Waals surface area contributed by atoms with Crippen LogP contribution in [-0.2, 0) is 10.0 Å². The van der Waals surface area contributed by atoms with Crippen LogP contribution in [0.1, 0.15) is 26.3 Å². The molecule has 3 N–H and O–H groups in total. The zero-order valence-corrected chi connectivity index (χ0v) is 21.3. The maximum absolute atomic E-state index is 13.9. The van der Waals surface area contributed by atoms with Gasteiger partial charge in [-0.1, -0.05) is 48.0 Å². The molecule has 0 aromatic heterocycles. The van der Waals surface area contributed by atoms with E-state index < -0.39 is 33.2 Å². The Bertz CT molecular complexity index is 1730. The predicted molar refractivity (Wildman–Crippen MR) is 144 cm³/mol. The molecular formula is C29H21F2N3O4S. The van der Waals surface area contributed by atoms with Crippen molar-refractivity contribution in [2.75, 3.05) is 15.4 Å². The van der Waals surface area contributed by atoms with Crippen molar-refractivity contribution in [1.82, 2.24) is 0 Å². The van der Waals surface area contributed by atoms with E-state index >= 15 is 0 Å². The number of anilines is 3. The number of carbonyl (C=O) groups is 2. The number of fused-ring (bicyclic) bond motifs is 1. The molecule has 0 bridgehead atoms. The van der Waals surface area contributed by atoms with Crippen molar-refractivity contribution in [1.29, 1.82) is 0 Å². The molecule has 1 aliphatic rings. The van der Waals surface area contributed by atoms with Crippen molar-refractivity contribution >= 4 is 38.7 Å². The second-order valence-corrected chi connectivity index (χ2v) is 10.5. The minimum absolute atomic E-state index is 0.00735. The van der Waals surface area contributed by atoms with E-state index in [9.17, 15) is 26.8 Å². The quantitative estimate of drug-likeness (QED) is 0.116. The Labute approximate surface area is 223 Å². The fourth-order valence-electron chi connectivity index (χ4n) is 4.07. The molecule has 4 aromatic rings. The monoisotopic (exact) mass is 545 g/mol. The Balaban J connectivity index is 1.51. The molecule has 4 aromatic carbocycles. The summed E-state index contributed by atoms with van der Waals surface area (Å²) in [6.45, 7) is 1.85. The minimum Gasteiger partial charge on any atom is -0.339 e. The molecular weight excluding hydrogens is 524 g/mol. The molecule has 10 heteroatoms. The number of hydrogen-bond acceptors (Lipinski definition) is 6. The largest absolute Gasteiger partial charge is 0.339 e. The van der Waals surface area contributed by atoms with E-state index in [-0.39, 0.29) is 33.1 Å². The van der Waals surface area contributed by atoms with Crippen molar-refractivity contribution < 1.29 is 26.8 Å². The third-order valence-corrected chi connectivity index (χ3v) is 7.38. The molecule has 196 valence electrons. The molecule has 7 nitrogen and oxygen atoms in total. The number of allylic oxidation sites excluding steroid dienone is 1. The Morgan fingerprint density at radius 3 is 2.00 bits per heavy atom. The average molecular weight is 546 g/mol. The minimum atomic E-state index is -3.87. The summed E-state index contributed by atoms with van der Waals surface area (Å²) in [5.41, 5.74) is 1.47. The van der Waals surface area contributed by atoms with Gasteiger partial charge in [0, 0.05) is 17.2 Å². The van der Waals surface area contributed by atoms with Gasteiger partial charge in [0.1, 0.15) is 23.0 Å². The van der Waals surface area contributed by atoms with Gasteiger partial charge in [0.15, 0.2) is 0 Å². The Kier molecular flexibility index (Phi) is 6.71. The molecule has 0 amide bonds. The fourth-order valence-corrected chi connectivity index (χ4v) is 5.12. The Hall–Kier alpha value is -4.83. The summed E-state index contributed by atoms with van der Waals surface area (Å²) in [5.74, 6) is -3.50. The molecule has 39 heavy (non-hydrogen) atoms. The van der Waals surface area contributed by atoms with Gasteiger partial charge in [-0.25, -0.2) is 17.2 Å². The van der Waals surface area contributed by atoms with E-state index in [1.807, 2.05) is 6.92 Å². The lowest BCUT2D eigenvalue weighted by molar-refractivity contribution is 0.0960. The van der Waals surface area contributed by atoms with Crippen LogP contribution in [0, 0.1) is 18.6 Å². The van der Waals surface area contributed by atoms with Crippen molar-refractivity contribution in [3.05, 3.63) is 131 Å². The maximum atomic E-state index is 13.9. The van der Waals surface area contributed by atoms with E-state index in [0.29, 0.717) is 17.4 Å². The van der Waals surface area contributed by atoms with Crippen LogP contribution in [0.25, 0.3) is 0 Å². The number of carbonyl (C=O) groups excluding carboxylic acids is 2. The number of aryl methyl sites for hydroxylation is 1. The van der Waals surface area contributed by atoms with E-state index in [1.54, 1.807) is 36.4 Å². The van der Waals surface area contributed by atoms with Crippen LogP contribution in [0.4, 0.5) is 25.8 Å². The molecule has 1 heterocycles. The summed E-state index contributed by atoms with van der Waals surface area (Å²) in [4.78, 5) is 27.0. The van der Waals surface area contributed by atoms with Gasteiger partial charge >= 0.3 is 0 Å². The summed E-state index contributed by atoms with van der Waals surface area (Å²) >= 11 is 0. The molecule has 0 spiro atoms. The number of Topliss-reactive ketones (excluding diaryl/α,β-unsaturated/α-hetero) is 2. The first-order valence-corrected chi connectivity index (χ1v) is 13.2. The maximum Gasteiger partial charge on any atom is 0.261 e. The SMILES string of the molecule is Cc1ccc(S(=O)(=O)Nc2ccc3c(c2)NC(=C(C(=O)c2ccccc2)C(=O)c2cc(F)cc(F)c2)N3)cc1. The molecule has 0 unspecified atom stereocenters. The molecule has 0 saturated carbocycles. The molecule has 0 radical (unpaired) electrons. The zero-order valence-electron chi connectivity index (χ0n) is 20.5. The lowest BCUT2D eigenvalue weighted by Crippen LogP contribution is -2.21. The highest BCUT2D eigenvalue weighted by atomic mass is 32.2. The van der Waals surface area contributed by atoms with Crippen molar-refractivity contribution in [3.63, 3.8) is 0 Å². The molecule has 5 rings (SSSR count). The van der Waals surface area contributed by atoms with Gasteiger partial charge in [-0.3, -0.25) is 14.3 Å². The summed E-state index contributed by atoms with van der Waals surface area (Å²) < 4.78 is 56.0. The summed E-state index contributed by atoms with van der Waals surface area (Å²) in [7, 11) is -3.87. The highest BCUT2D eigenvalue weighted by Crippen LogP contribution is 2.36. The summed E-state index contributed by atoms with van der Waals surface area (Å²) in [6.07, 6.45) is 0. The number of benzene rings is 4. The molecule has 1 aliphatic heterocycles. The first-order chi connectivity index (χ1) is 18.6. The number of halogens is 2. The number of sulfonamides is 1. The van der Waals surface area contributed by atoms with E-state index in [1.165, 1.54) is 36.4 Å². The fraction of sp³-hybridized carbons (Fsp3) is 0.0345. The normalized spacial score (nSPS) is 13.6. The first-order valence-electron chi connectivity index (χ1n) is 11.7. The first kappa shape index (κ1) is 25.8. The smallest absolute Gasteiger partial charge is 0.261 e. The van der Waals surface area contributed by atoms with Crippen LogP contribution in [0.3, 0.4) is 0 Å². The van der Waals surface area contributed by atoms with Gasteiger partial charge in [-0.05, 0) is 49.4 Å². The number of ketones is 2. The highest BCUT2D eigenvalue weighted by Gasteiger charge is 2.30. The van der Waals surface area contributed by atoms with Crippen LogP contribution in [0.2, 0.25) is 0 Å². The van der Waals surface area contributed by atoms with Gasteiger partial charge in [-0.15, -0.1) is 0 Å². The lowest BCUT2D eigenvalue weighted by atomic mass is 9.95. The van der Waals surface area contributed by atoms with Crippen LogP contribution >= 0.6 is 0 Å². The van der Waals surface area contributed by atoms with E-state index in [0.717, 1.165) is 17.7 Å². The molecule has 0 saturated heterocycles.